The van der Waals surface area contributed by atoms with Crippen molar-refractivity contribution in [3.8, 4) is 11.1 Å². The number of unbranched alkanes of at least 4 members (excludes halogenated alkanes) is 2. The highest BCUT2D eigenvalue weighted by Crippen LogP contribution is 2.38. The fourth-order valence-electron chi connectivity index (χ4n) is 4.06. The first-order valence-corrected chi connectivity index (χ1v) is 9.62. The van der Waals surface area contributed by atoms with Gasteiger partial charge in [0.2, 0.25) is 0 Å². The average molecular weight is 324 g/mol. The highest BCUT2D eigenvalue weighted by molar-refractivity contribution is 5.63. The van der Waals surface area contributed by atoms with Crippen LogP contribution in [0.15, 0.2) is 48.5 Å². The van der Waals surface area contributed by atoms with E-state index in [9.17, 15) is 4.39 Å². The Morgan fingerprint density at radius 1 is 0.792 bits per heavy atom. The van der Waals surface area contributed by atoms with E-state index >= 15 is 0 Å². The Hall–Kier alpha value is -1.63. The molecular weight excluding hydrogens is 295 g/mol. The molecule has 0 aliphatic heterocycles. The van der Waals surface area contributed by atoms with Crippen LogP contribution in [0.5, 0.6) is 0 Å². The normalized spacial score (nSPS) is 20.9. The lowest BCUT2D eigenvalue weighted by Crippen LogP contribution is -2.13. The molecule has 0 saturated heterocycles. The van der Waals surface area contributed by atoms with Gasteiger partial charge in [0.15, 0.2) is 0 Å². The highest BCUT2D eigenvalue weighted by Gasteiger charge is 2.21. The first-order valence-electron chi connectivity index (χ1n) is 9.62. The van der Waals surface area contributed by atoms with Crippen LogP contribution >= 0.6 is 0 Å². The molecule has 0 heterocycles. The van der Waals surface area contributed by atoms with E-state index in [1.54, 1.807) is 0 Å². The van der Waals surface area contributed by atoms with Crippen LogP contribution in [0, 0.1) is 11.7 Å². The molecule has 1 aliphatic carbocycles. The summed E-state index contributed by atoms with van der Waals surface area (Å²) in [6.45, 7) is 2.28. The second-order valence-electron chi connectivity index (χ2n) is 7.34. The molecule has 0 bridgehead atoms. The van der Waals surface area contributed by atoms with Crippen LogP contribution in [-0.2, 0) is 0 Å². The average Bonchev–Trinajstić information content (AvgIpc) is 2.63. The van der Waals surface area contributed by atoms with E-state index in [2.05, 4.69) is 31.2 Å². The summed E-state index contributed by atoms with van der Waals surface area (Å²) in [5.74, 6) is 1.52. The molecule has 128 valence electrons. The summed E-state index contributed by atoms with van der Waals surface area (Å²) in [6, 6.07) is 15.7. The summed E-state index contributed by atoms with van der Waals surface area (Å²) in [4.78, 5) is 0. The molecule has 0 aromatic heterocycles. The van der Waals surface area contributed by atoms with E-state index < -0.39 is 0 Å². The van der Waals surface area contributed by atoms with Crippen molar-refractivity contribution in [2.75, 3.05) is 0 Å². The van der Waals surface area contributed by atoms with Gasteiger partial charge in [0.25, 0.3) is 0 Å². The largest absolute Gasteiger partial charge is 0.207 e. The third-order valence-corrected chi connectivity index (χ3v) is 5.62. The minimum atomic E-state index is -0.175. The van der Waals surface area contributed by atoms with Gasteiger partial charge in [0.1, 0.15) is 5.82 Å². The number of halogens is 1. The predicted molar refractivity (Wildman–Crippen MR) is 101 cm³/mol. The molecule has 3 rings (SSSR count). The zero-order valence-corrected chi connectivity index (χ0v) is 14.8. The van der Waals surface area contributed by atoms with E-state index in [4.69, 9.17) is 0 Å². The van der Waals surface area contributed by atoms with E-state index in [0.717, 1.165) is 17.4 Å². The molecule has 2 aromatic carbocycles. The van der Waals surface area contributed by atoms with Crippen LogP contribution in [0.3, 0.4) is 0 Å². The lowest BCUT2D eigenvalue weighted by atomic mass is 9.77. The molecule has 2 aromatic rings. The maximum absolute atomic E-state index is 13.0. The van der Waals surface area contributed by atoms with Gasteiger partial charge >= 0.3 is 0 Å². The van der Waals surface area contributed by atoms with Crippen molar-refractivity contribution < 1.29 is 4.39 Å². The van der Waals surface area contributed by atoms with Crippen LogP contribution in [-0.4, -0.2) is 0 Å². The lowest BCUT2D eigenvalue weighted by Gasteiger charge is -2.29. The third kappa shape index (κ3) is 4.47. The van der Waals surface area contributed by atoms with Gasteiger partial charge in [0, 0.05) is 0 Å². The predicted octanol–water partition coefficient (Wildman–Crippen LogP) is 7.35. The molecule has 24 heavy (non-hydrogen) atoms. The zero-order chi connectivity index (χ0) is 16.8. The molecule has 1 heteroatoms. The number of hydrogen-bond acceptors (Lipinski definition) is 0. The second-order valence-corrected chi connectivity index (χ2v) is 7.34. The van der Waals surface area contributed by atoms with Crippen molar-refractivity contribution in [2.45, 2.75) is 64.2 Å². The maximum Gasteiger partial charge on any atom is 0.123 e. The summed E-state index contributed by atoms with van der Waals surface area (Å²) in [7, 11) is 0. The SMILES string of the molecule is CCCCCC1CCC(c2ccc(-c3ccc(F)cc3)cc2)CC1. The summed E-state index contributed by atoms with van der Waals surface area (Å²) < 4.78 is 13.0. The molecule has 1 saturated carbocycles. The van der Waals surface area contributed by atoms with Crippen LogP contribution in [0.2, 0.25) is 0 Å². The lowest BCUT2D eigenvalue weighted by molar-refractivity contribution is 0.303. The van der Waals surface area contributed by atoms with Crippen molar-refractivity contribution in [1.82, 2.24) is 0 Å². The molecule has 0 spiro atoms. The molecule has 0 nitrogen and oxygen atoms in total. The van der Waals surface area contributed by atoms with E-state index in [-0.39, 0.29) is 5.82 Å². The molecule has 0 radical (unpaired) electrons. The van der Waals surface area contributed by atoms with E-state index in [0.29, 0.717) is 0 Å². The fraction of sp³-hybridized carbons (Fsp3) is 0.478. The third-order valence-electron chi connectivity index (χ3n) is 5.62. The topological polar surface area (TPSA) is 0 Å². The van der Waals surface area contributed by atoms with Crippen molar-refractivity contribution in [1.29, 1.82) is 0 Å². The Bertz CT molecular complexity index is 603. The van der Waals surface area contributed by atoms with Gasteiger partial charge in [-0.2, -0.15) is 0 Å². The van der Waals surface area contributed by atoms with Crippen molar-refractivity contribution in [2.24, 2.45) is 5.92 Å². The van der Waals surface area contributed by atoms with Crippen molar-refractivity contribution >= 4 is 0 Å². The van der Waals surface area contributed by atoms with Gasteiger partial charge < -0.3 is 0 Å². The maximum atomic E-state index is 13.0. The van der Waals surface area contributed by atoms with Crippen molar-refractivity contribution in [3.63, 3.8) is 0 Å². The number of hydrogen-bond donors (Lipinski definition) is 0. The monoisotopic (exact) mass is 324 g/mol. The molecule has 1 aliphatic rings. The van der Waals surface area contributed by atoms with Crippen LogP contribution in [0.25, 0.3) is 11.1 Å². The Kier molecular flexibility index (Phi) is 6.07. The summed E-state index contributed by atoms with van der Waals surface area (Å²) in [5.41, 5.74) is 3.74. The highest BCUT2D eigenvalue weighted by atomic mass is 19.1. The molecular formula is C23H29F. The van der Waals surface area contributed by atoms with Crippen LogP contribution in [0.1, 0.15) is 69.8 Å². The number of rotatable bonds is 6. The quantitative estimate of drug-likeness (QED) is 0.487. The standard InChI is InChI=1S/C23H29F/c1-2-3-4-5-18-6-8-19(9-7-18)20-10-12-21(13-11-20)22-14-16-23(24)17-15-22/h10-19H,2-9H2,1H3. The minimum Gasteiger partial charge on any atom is -0.207 e. The number of benzene rings is 2. The Labute approximate surface area is 146 Å². The van der Waals surface area contributed by atoms with Gasteiger partial charge in [-0.05, 0) is 66.3 Å². The van der Waals surface area contributed by atoms with Gasteiger partial charge in [-0.3, -0.25) is 0 Å². The summed E-state index contributed by atoms with van der Waals surface area (Å²) in [5, 5.41) is 0. The Morgan fingerprint density at radius 3 is 1.96 bits per heavy atom. The first kappa shape index (κ1) is 17.2. The smallest absolute Gasteiger partial charge is 0.123 e. The van der Waals surface area contributed by atoms with Gasteiger partial charge in [-0.25, -0.2) is 4.39 Å². The molecule has 0 unspecified atom stereocenters. The zero-order valence-electron chi connectivity index (χ0n) is 14.8. The fourth-order valence-corrected chi connectivity index (χ4v) is 4.06. The molecule has 1 fully saturated rings. The molecule has 0 amide bonds. The molecule has 0 N–H and O–H groups in total. The van der Waals surface area contributed by atoms with Crippen molar-refractivity contribution in [3.05, 3.63) is 59.9 Å². The van der Waals surface area contributed by atoms with E-state index in [1.807, 2.05) is 12.1 Å². The summed E-state index contributed by atoms with van der Waals surface area (Å²) >= 11 is 0. The second kappa shape index (κ2) is 8.46. The van der Waals surface area contributed by atoms with Gasteiger partial charge in [-0.15, -0.1) is 0 Å². The van der Waals surface area contributed by atoms with E-state index in [1.165, 1.54) is 74.6 Å². The van der Waals surface area contributed by atoms with Crippen LogP contribution in [0.4, 0.5) is 4.39 Å². The van der Waals surface area contributed by atoms with Gasteiger partial charge in [0.05, 0.1) is 0 Å². The van der Waals surface area contributed by atoms with Crippen LogP contribution < -0.4 is 0 Å². The molecule has 0 atom stereocenters. The Balaban J connectivity index is 1.56. The first-order chi connectivity index (χ1) is 11.8. The minimum absolute atomic E-state index is 0.175. The summed E-state index contributed by atoms with van der Waals surface area (Å²) in [6.07, 6.45) is 11.0. The Morgan fingerprint density at radius 2 is 1.38 bits per heavy atom. The van der Waals surface area contributed by atoms with Gasteiger partial charge in [-0.1, -0.05) is 69.0 Å².